The Morgan fingerprint density at radius 3 is 2.76 bits per heavy atom. The molecule has 0 bridgehead atoms. The van der Waals surface area contributed by atoms with Crippen molar-refractivity contribution in [3.05, 3.63) is 0 Å². The van der Waals surface area contributed by atoms with Crippen molar-refractivity contribution in [2.24, 2.45) is 0 Å². The molecule has 1 aliphatic rings. The standard InChI is InChI=1S/C12H23NO3S/c1-12(15,11(14)16-2)8-13-9-6-4-5-7-10(9)17-3/h9-10,13,15H,4-8H2,1-3H3. The maximum absolute atomic E-state index is 11.3. The fraction of sp³-hybridized carbons (Fsp3) is 0.917. The van der Waals surface area contributed by atoms with E-state index in [1.54, 1.807) is 0 Å². The minimum Gasteiger partial charge on any atom is -0.467 e. The second-order valence-corrected chi connectivity index (χ2v) is 5.89. The van der Waals surface area contributed by atoms with Crippen molar-refractivity contribution in [3.8, 4) is 0 Å². The van der Waals surface area contributed by atoms with Gasteiger partial charge in [-0.3, -0.25) is 0 Å². The van der Waals surface area contributed by atoms with Crippen LogP contribution in [0.25, 0.3) is 0 Å². The largest absolute Gasteiger partial charge is 0.467 e. The van der Waals surface area contributed by atoms with Crippen molar-refractivity contribution in [3.63, 3.8) is 0 Å². The van der Waals surface area contributed by atoms with E-state index in [4.69, 9.17) is 0 Å². The van der Waals surface area contributed by atoms with Gasteiger partial charge >= 0.3 is 5.97 Å². The zero-order chi connectivity index (χ0) is 12.9. The molecule has 100 valence electrons. The number of nitrogens with one attached hydrogen (secondary N) is 1. The first-order valence-corrected chi connectivity index (χ1v) is 7.37. The summed E-state index contributed by atoms with van der Waals surface area (Å²) in [6.45, 7) is 1.74. The molecule has 1 saturated carbocycles. The highest BCUT2D eigenvalue weighted by Crippen LogP contribution is 2.27. The number of carbonyl (C=O) groups is 1. The molecule has 0 aromatic carbocycles. The van der Waals surface area contributed by atoms with E-state index in [9.17, 15) is 9.90 Å². The molecule has 3 atom stereocenters. The number of ether oxygens (including phenoxy) is 1. The molecule has 0 aromatic heterocycles. The highest BCUT2D eigenvalue weighted by molar-refractivity contribution is 7.99. The Hall–Kier alpha value is -0.260. The van der Waals surface area contributed by atoms with Crippen LogP contribution in [-0.2, 0) is 9.53 Å². The van der Waals surface area contributed by atoms with Crippen molar-refractivity contribution >= 4 is 17.7 Å². The maximum atomic E-state index is 11.3. The van der Waals surface area contributed by atoms with E-state index in [1.807, 2.05) is 11.8 Å². The minimum absolute atomic E-state index is 0.251. The van der Waals surface area contributed by atoms with E-state index in [0.717, 1.165) is 6.42 Å². The fourth-order valence-electron chi connectivity index (χ4n) is 2.23. The molecule has 0 saturated heterocycles. The van der Waals surface area contributed by atoms with Crippen LogP contribution in [0.2, 0.25) is 0 Å². The van der Waals surface area contributed by atoms with E-state index >= 15 is 0 Å². The van der Waals surface area contributed by atoms with Crippen molar-refractivity contribution in [2.75, 3.05) is 19.9 Å². The molecule has 1 aliphatic carbocycles. The first kappa shape index (κ1) is 14.8. The molecule has 0 amide bonds. The molecule has 0 aromatic rings. The molecule has 4 nitrogen and oxygen atoms in total. The summed E-state index contributed by atoms with van der Waals surface area (Å²) in [6.07, 6.45) is 6.93. The topological polar surface area (TPSA) is 58.6 Å². The average molecular weight is 261 g/mol. The number of hydrogen-bond acceptors (Lipinski definition) is 5. The summed E-state index contributed by atoms with van der Waals surface area (Å²) in [6, 6.07) is 0.384. The van der Waals surface area contributed by atoms with Crippen LogP contribution in [0.15, 0.2) is 0 Å². The van der Waals surface area contributed by atoms with E-state index < -0.39 is 11.6 Å². The summed E-state index contributed by atoms with van der Waals surface area (Å²) in [5.74, 6) is -0.582. The molecule has 1 rings (SSSR count). The first-order valence-electron chi connectivity index (χ1n) is 6.08. The number of hydrogen-bond donors (Lipinski definition) is 2. The van der Waals surface area contributed by atoms with Gasteiger partial charge in [0.15, 0.2) is 5.60 Å². The van der Waals surface area contributed by atoms with Crippen LogP contribution in [0.3, 0.4) is 0 Å². The van der Waals surface area contributed by atoms with Gasteiger partial charge in [-0.1, -0.05) is 12.8 Å². The number of aliphatic hydroxyl groups is 1. The number of methoxy groups -OCH3 is 1. The lowest BCUT2D eigenvalue weighted by molar-refractivity contribution is -0.160. The second-order valence-electron chi connectivity index (χ2n) is 4.81. The Morgan fingerprint density at radius 2 is 2.18 bits per heavy atom. The Balaban J connectivity index is 2.45. The molecule has 1 fully saturated rings. The van der Waals surface area contributed by atoms with Crippen molar-refractivity contribution in [1.82, 2.24) is 5.32 Å². The highest BCUT2D eigenvalue weighted by atomic mass is 32.2. The molecular formula is C12H23NO3S. The van der Waals surface area contributed by atoms with Gasteiger partial charge in [0.2, 0.25) is 0 Å². The summed E-state index contributed by atoms with van der Waals surface area (Å²) in [5, 5.41) is 13.8. The second kappa shape index (κ2) is 6.61. The van der Waals surface area contributed by atoms with Gasteiger partial charge in [-0.2, -0.15) is 11.8 Å². The van der Waals surface area contributed by atoms with Crippen molar-refractivity contribution < 1.29 is 14.6 Å². The Morgan fingerprint density at radius 1 is 1.53 bits per heavy atom. The van der Waals surface area contributed by atoms with Gasteiger partial charge in [-0.25, -0.2) is 4.79 Å². The fourth-order valence-corrected chi connectivity index (χ4v) is 3.20. The normalized spacial score (nSPS) is 28.5. The van der Waals surface area contributed by atoms with Crippen molar-refractivity contribution in [2.45, 2.75) is 49.5 Å². The van der Waals surface area contributed by atoms with Crippen LogP contribution in [-0.4, -0.2) is 47.9 Å². The van der Waals surface area contributed by atoms with Crippen LogP contribution in [0.1, 0.15) is 32.6 Å². The summed E-state index contributed by atoms with van der Waals surface area (Å²) in [7, 11) is 1.29. The van der Waals surface area contributed by atoms with Gasteiger partial charge in [0.25, 0.3) is 0 Å². The summed E-state index contributed by atoms with van der Waals surface area (Å²) in [4.78, 5) is 11.3. The lowest BCUT2D eigenvalue weighted by Gasteiger charge is -2.33. The third-order valence-corrected chi connectivity index (χ3v) is 4.51. The number of carbonyl (C=O) groups excluding carboxylic acids is 1. The van der Waals surface area contributed by atoms with Gasteiger partial charge in [-0.05, 0) is 26.0 Å². The number of thioether (sulfide) groups is 1. The molecule has 0 radical (unpaired) electrons. The Kier molecular flexibility index (Phi) is 5.76. The third kappa shape index (κ3) is 4.16. The van der Waals surface area contributed by atoms with E-state index in [2.05, 4.69) is 16.3 Å². The molecule has 17 heavy (non-hydrogen) atoms. The van der Waals surface area contributed by atoms with Gasteiger partial charge in [0.1, 0.15) is 0 Å². The lowest BCUT2D eigenvalue weighted by Crippen LogP contribution is -2.51. The first-order chi connectivity index (χ1) is 8.01. The predicted molar refractivity (Wildman–Crippen MR) is 70.2 cm³/mol. The monoisotopic (exact) mass is 261 g/mol. The average Bonchev–Trinajstić information content (AvgIpc) is 2.35. The van der Waals surface area contributed by atoms with Gasteiger partial charge in [0, 0.05) is 17.8 Å². The molecule has 0 heterocycles. The molecule has 0 aliphatic heterocycles. The van der Waals surface area contributed by atoms with Crippen LogP contribution in [0.4, 0.5) is 0 Å². The van der Waals surface area contributed by atoms with Gasteiger partial charge < -0.3 is 15.2 Å². The summed E-state index contributed by atoms with van der Waals surface area (Å²) in [5.41, 5.74) is -1.44. The zero-order valence-electron chi connectivity index (χ0n) is 10.9. The summed E-state index contributed by atoms with van der Waals surface area (Å²) >= 11 is 1.86. The molecular weight excluding hydrogens is 238 g/mol. The van der Waals surface area contributed by atoms with E-state index in [-0.39, 0.29) is 6.54 Å². The van der Waals surface area contributed by atoms with E-state index in [1.165, 1.54) is 33.3 Å². The molecule has 3 unspecified atom stereocenters. The molecule has 0 spiro atoms. The van der Waals surface area contributed by atoms with Crippen LogP contribution < -0.4 is 5.32 Å². The molecule has 5 heteroatoms. The SMILES string of the molecule is COC(=O)C(C)(O)CNC1CCCCC1SC. The zero-order valence-corrected chi connectivity index (χ0v) is 11.7. The predicted octanol–water partition coefficient (Wildman–Crippen LogP) is 1.17. The van der Waals surface area contributed by atoms with E-state index in [0.29, 0.717) is 11.3 Å². The Bertz CT molecular complexity index is 258. The third-order valence-electron chi connectivity index (χ3n) is 3.34. The van der Waals surface area contributed by atoms with Crippen LogP contribution in [0.5, 0.6) is 0 Å². The maximum Gasteiger partial charge on any atom is 0.338 e. The number of esters is 1. The molecule has 2 N–H and O–H groups in total. The number of rotatable bonds is 5. The highest BCUT2D eigenvalue weighted by Gasteiger charge is 2.33. The smallest absolute Gasteiger partial charge is 0.338 e. The lowest BCUT2D eigenvalue weighted by atomic mass is 9.94. The minimum atomic E-state index is -1.44. The Labute approximate surface area is 107 Å². The van der Waals surface area contributed by atoms with Crippen molar-refractivity contribution in [1.29, 1.82) is 0 Å². The van der Waals surface area contributed by atoms with Gasteiger partial charge in [0.05, 0.1) is 7.11 Å². The van der Waals surface area contributed by atoms with Crippen LogP contribution >= 0.6 is 11.8 Å². The van der Waals surface area contributed by atoms with Crippen LogP contribution in [0, 0.1) is 0 Å². The quantitative estimate of drug-likeness (QED) is 0.728. The summed E-state index contributed by atoms with van der Waals surface area (Å²) < 4.78 is 4.57. The van der Waals surface area contributed by atoms with Gasteiger partial charge in [-0.15, -0.1) is 0 Å².